The van der Waals surface area contributed by atoms with E-state index in [9.17, 15) is 4.79 Å². The lowest BCUT2D eigenvalue weighted by Gasteiger charge is -2.57. The van der Waals surface area contributed by atoms with Crippen LogP contribution in [0.25, 0.3) is 0 Å². The summed E-state index contributed by atoms with van der Waals surface area (Å²) in [6, 6.07) is -0.349. The Morgan fingerprint density at radius 1 is 1.11 bits per heavy atom. The van der Waals surface area contributed by atoms with Crippen molar-refractivity contribution in [3.63, 3.8) is 0 Å². The molecule has 0 radical (unpaired) electrons. The number of nitrogens with two attached hydrogens (primary N) is 1. The molecule has 3 N–H and O–H groups in total. The second-order valence-corrected chi connectivity index (χ2v) is 7.46. The third kappa shape index (κ3) is 2.07. The molecular formula is C15H26N2O. The molecule has 0 aliphatic heterocycles. The van der Waals surface area contributed by atoms with Crippen molar-refractivity contribution in [3.05, 3.63) is 0 Å². The third-order valence-electron chi connectivity index (χ3n) is 5.45. The summed E-state index contributed by atoms with van der Waals surface area (Å²) in [5.74, 6) is 2.90. The number of hydrogen-bond acceptors (Lipinski definition) is 2. The highest BCUT2D eigenvalue weighted by atomic mass is 16.2. The van der Waals surface area contributed by atoms with E-state index in [2.05, 4.69) is 5.32 Å². The van der Waals surface area contributed by atoms with Gasteiger partial charge in [0, 0.05) is 5.54 Å². The lowest BCUT2D eigenvalue weighted by atomic mass is 9.53. The largest absolute Gasteiger partial charge is 0.349 e. The van der Waals surface area contributed by atoms with Gasteiger partial charge in [-0.25, -0.2) is 0 Å². The number of rotatable bonds is 3. The van der Waals surface area contributed by atoms with E-state index in [0.717, 1.165) is 17.8 Å². The van der Waals surface area contributed by atoms with Gasteiger partial charge >= 0.3 is 0 Å². The van der Waals surface area contributed by atoms with Gasteiger partial charge in [0.25, 0.3) is 0 Å². The molecule has 0 heterocycles. The molecule has 0 aromatic heterocycles. The maximum Gasteiger partial charge on any atom is 0.237 e. The number of carbonyl (C=O) groups is 1. The second kappa shape index (κ2) is 4.22. The summed E-state index contributed by atoms with van der Waals surface area (Å²) in [5.41, 5.74) is 6.09. The van der Waals surface area contributed by atoms with Crippen LogP contribution in [0, 0.1) is 23.7 Å². The Bertz CT molecular complexity index is 315. The van der Waals surface area contributed by atoms with Crippen molar-refractivity contribution in [3.8, 4) is 0 Å². The molecule has 102 valence electrons. The van der Waals surface area contributed by atoms with E-state index in [4.69, 9.17) is 5.73 Å². The molecule has 1 amide bonds. The zero-order valence-corrected chi connectivity index (χ0v) is 11.6. The lowest BCUT2D eigenvalue weighted by molar-refractivity contribution is -0.129. The van der Waals surface area contributed by atoms with Crippen molar-refractivity contribution in [1.82, 2.24) is 5.32 Å². The van der Waals surface area contributed by atoms with Crippen LogP contribution in [0.2, 0.25) is 0 Å². The monoisotopic (exact) mass is 250 g/mol. The average Bonchev–Trinajstić information content (AvgIpc) is 2.24. The molecule has 4 aliphatic carbocycles. The van der Waals surface area contributed by atoms with Crippen molar-refractivity contribution in [2.75, 3.05) is 0 Å². The molecule has 0 aromatic carbocycles. The maximum absolute atomic E-state index is 12.2. The first-order valence-electron chi connectivity index (χ1n) is 7.55. The van der Waals surface area contributed by atoms with E-state index in [-0.39, 0.29) is 23.4 Å². The van der Waals surface area contributed by atoms with Gasteiger partial charge in [-0.15, -0.1) is 0 Å². The Balaban J connectivity index is 1.70. The first kappa shape index (κ1) is 12.5. The summed E-state index contributed by atoms with van der Waals surface area (Å²) in [5, 5.41) is 3.34. The number of amides is 1. The predicted octanol–water partition coefficient (Wildman–Crippen LogP) is 2.05. The average molecular weight is 250 g/mol. The van der Waals surface area contributed by atoms with Crippen molar-refractivity contribution in [2.24, 2.45) is 29.4 Å². The first-order valence-corrected chi connectivity index (χ1v) is 7.55. The molecule has 1 unspecified atom stereocenters. The Labute approximate surface area is 110 Å². The summed E-state index contributed by atoms with van der Waals surface area (Å²) < 4.78 is 0. The van der Waals surface area contributed by atoms with Gasteiger partial charge in [-0.1, -0.05) is 13.8 Å². The van der Waals surface area contributed by atoms with Crippen LogP contribution < -0.4 is 11.1 Å². The van der Waals surface area contributed by atoms with E-state index in [1.807, 2.05) is 13.8 Å². The molecule has 3 nitrogen and oxygen atoms in total. The van der Waals surface area contributed by atoms with Gasteiger partial charge in [-0.3, -0.25) is 4.79 Å². The van der Waals surface area contributed by atoms with Crippen LogP contribution in [0.5, 0.6) is 0 Å². The SMILES string of the molecule is CC(C)C(N)C(=O)NC12CC3CC(CC(C3)C1)C2. The lowest BCUT2D eigenvalue weighted by Crippen LogP contribution is -2.62. The number of nitrogens with one attached hydrogen (secondary N) is 1. The van der Waals surface area contributed by atoms with E-state index in [1.54, 1.807) is 0 Å². The highest BCUT2D eigenvalue weighted by molar-refractivity contribution is 5.82. The molecule has 18 heavy (non-hydrogen) atoms. The smallest absolute Gasteiger partial charge is 0.237 e. The Kier molecular flexibility index (Phi) is 2.92. The second-order valence-electron chi connectivity index (χ2n) is 7.46. The molecule has 4 bridgehead atoms. The van der Waals surface area contributed by atoms with E-state index >= 15 is 0 Å². The van der Waals surface area contributed by atoms with Crippen LogP contribution in [0.1, 0.15) is 52.4 Å². The first-order chi connectivity index (χ1) is 8.47. The Morgan fingerprint density at radius 2 is 1.56 bits per heavy atom. The minimum absolute atomic E-state index is 0.0759. The van der Waals surface area contributed by atoms with Gasteiger partial charge in [-0.05, 0) is 62.2 Å². The van der Waals surface area contributed by atoms with E-state index < -0.39 is 0 Å². The molecule has 0 spiro atoms. The molecule has 4 fully saturated rings. The van der Waals surface area contributed by atoms with Gasteiger partial charge in [-0.2, -0.15) is 0 Å². The van der Waals surface area contributed by atoms with E-state index in [0.29, 0.717) is 0 Å². The Hall–Kier alpha value is -0.570. The summed E-state index contributed by atoms with van der Waals surface area (Å²) in [7, 11) is 0. The summed E-state index contributed by atoms with van der Waals surface area (Å²) in [6.45, 7) is 4.04. The van der Waals surface area contributed by atoms with Gasteiger partial charge in [0.15, 0.2) is 0 Å². The zero-order valence-electron chi connectivity index (χ0n) is 11.6. The standard InChI is InChI=1S/C15H26N2O/c1-9(2)13(16)14(18)17-15-6-10-3-11(7-15)5-12(4-10)8-15/h9-13H,3-8,16H2,1-2H3,(H,17,18). The van der Waals surface area contributed by atoms with Crippen LogP contribution in [-0.4, -0.2) is 17.5 Å². The maximum atomic E-state index is 12.2. The van der Waals surface area contributed by atoms with Crippen LogP contribution in [0.3, 0.4) is 0 Å². The van der Waals surface area contributed by atoms with Crippen molar-refractivity contribution < 1.29 is 4.79 Å². The van der Waals surface area contributed by atoms with E-state index in [1.165, 1.54) is 38.5 Å². The molecule has 0 aromatic rings. The van der Waals surface area contributed by atoms with Crippen molar-refractivity contribution in [2.45, 2.75) is 64.0 Å². The minimum atomic E-state index is -0.349. The molecule has 4 rings (SSSR count). The fourth-order valence-corrected chi connectivity index (χ4v) is 4.91. The normalized spacial score (nSPS) is 43.2. The molecule has 4 saturated carbocycles. The van der Waals surface area contributed by atoms with Gasteiger partial charge in [0.1, 0.15) is 0 Å². The van der Waals surface area contributed by atoms with Crippen LogP contribution in [-0.2, 0) is 4.79 Å². The summed E-state index contributed by atoms with van der Waals surface area (Å²) in [6.07, 6.45) is 7.84. The Morgan fingerprint density at radius 3 is 1.94 bits per heavy atom. The summed E-state index contributed by atoms with van der Waals surface area (Å²) in [4.78, 5) is 12.2. The van der Waals surface area contributed by atoms with Gasteiger partial charge in [0.05, 0.1) is 6.04 Å². The fourth-order valence-electron chi connectivity index (χ4n) is 4.91. The molecule has 1 atom stereocenters. The topological polar surface area (TPSA) is 55.1 Å². The molecule has 3 heteroatoms. The van der Waals surface area contributed by atoms with Crippen molar-refractivity contribution in [1.29, 1.82) is 0 Å². The highest BCUT2D eigenvalue weighted by Gasteiger charge is 2.51. The number of hydrogen-bond donors (Lipinski definition) is 2. The molecular weight excluding hydrogens is 224 g/mol. The van der Waals surface area contributed by atoms with Crippen LogP contribution in [0.15, 0.2) is 0 Å². The minimum Gasteiger partial charge on any atom is -0.349 e. The molecule has 4 aliphatic rings. The van der Waals surface area contributed by atoms with Gasteiger partial charge in [0.2, 0.25) is 5.91 Å². The third-order valence-corrected chi connectivity index (χ3v) is 5.45. The predicted molar refractivity (Wildman–Crippen MR) is 71.9 cm³/mol. The summed E-state index contributed by atoms with van der Waals surface area (Å²) >= 11 is 0. The quantitative estimate of drug-likeness (QED) is 0.805. The van der Waals surface area contributed by atoms with Crippen molar-refractivity contribution >= 4 is 5.91 Å². The zero-order chi connectivity index (χ0) is 12.9. The molecule has 0 saturated heterocycles. The fraction of sp³-hybridized carbons (Fsp3) is 0.933. The highest BCUT2D eigenvalue weighted by Crippen LogP contribution is 2.55. The van der Waals surface area contributed by atoms with Crippen LogP contribution >= 0.6 is 0 Å². The number of carbonyl (C=O) groups excluding carboxylic acids is 1. The van der Waals surface area contributed by atoms with Crippen LogP contribution in [0.4, 0.5) is 0 Å². The van der Waals surface area contributed by atoms with Gasteiger partial charge < -0.3 is 11.1 Å².